The van der Waals surface area contributed by atoms with Gasteiger partial charge < -0.3 is 14.7 Å². The molecule has 0 bridgehead atoms. The highest BCUT2D eigenvalue weighted by Gasteiger charge is 2.26. The van der Waals surface area contributed by atoms with Gasteiger partial charge in [0.15, 0.2) is 0 Å². The zero-order valence-corrected chi connectivity index (χ0v) is 13.8. The topological polar surface area (TPSA) is 62.7 Å². The van der Waals surface area contributed by atoms with E-state index in [1.54, 1.807) is 30.5 Å². The number of aromatic hydroxyl groups is 1. The lowest BCUT2D eigenvalue weighted by molar-refractivity contribution is 0.0708. The fourth-order valence-corrected chi connectivity index (χ4v) is 3.14. The monoisotopic (exact) mass is 326 g/mol. The van der Waals surface area contributed by atoms with Gasteiger partial charge in [-0.25, -0.2) is 4.98 Å². The first kappa shape index (κ1) is 16.3. The number of benzene rings is 1. The third-order valence-corrected chi connectivity index (χ3v) is 4.43. The first-order valence-electron chi connectivity index (χ1n) is 8.35. The van der Waals surface area contributed by atoms with E-state index >= 15 is 0 Å². The number of amides is 1. The zero-order valence-electron chi connectivity index (χ0n) is 13.8. The second-order valence-electron chi connectivity index (χ2n) is 5.95. The number of phenols is 1. The van der Waals surface area contributed by atoms with E-state index in [9.17, 15) is 9.90 Å². The summed E-state index contributed by atoms with van der Waals surface area (Å²) in [7, 11) is 0. The van der Waals surface area contributed by atoms with Crippen LogP contribution < -0.4 is 4.74 Å². The fourth-order valence-electron chi connectivity index (χ4n) is 3.14. The van der Waals surface area contributed by atoms with Crippen LogP contribution in [0.1, 0.15) is 41.6 Å². The van der Waals surface area contributed by atoms with Gasteiger partial charge in [0.05, 0.1) is 6.61 Å². The summed E-state index contributed by atoms with van der Waals surface area (Å²) in [5.74, 6) is 1.10. The summed E-state index contributed by atoms with van der Waals surface area (Å²) >= 11 is 0. The molecule has 1 fully saturated rings. The molecule has 0 saturated carbocycles. The predicted octanol–water partition coefficient (Wildman–Crippen LogP) is 3.21. The largest absolute Gasteiger partial charge is 0.508 e. The summed E-state index contributed by atoms with van der Waals surface area (Å²) in [6.07, 6.45) is 3.47. The summed E-state index contributed by atoms with van der Waals surface area (Å²) in [5.41, 5.74) is 1.75. The standard InChI is InChI=1S/C19H22N2O3/c1-2-24-18-17(4-3-11-20-18)19(23)21-12-9-15(10-13-21)14-5-7-16(22)8-6-14/h3-8,11,15,22H,2,9-10,12-13H2,1H3. The SMILES string of the molecule is CCOc1ncccc1C(=O)N1CCC(c2ccc(O)cc2)CC1. The van der Waals surface area contributed by atoms with Crippen molar-refractivity contribution in [2.75, 3.05) is 19.7 Å². The van der Waals surface area contributed by atoms with Crippen LogP contribution in [0.4, 0.5) is 0 Å². The number of nitrogens with zero attached hydrogens (tertiary/aromatic N) is 2. The second kappa shape index (κ2) is 7.34. The molecule has 0 radical (unpaired) electrons. The van der Waals surface area contributed by atoms with Crippen molar-refractivity contribution in [1.82, 2.24) is 9.88 Å². The number of hydrogen-bond donors (Lipinski definition) is 1. The highest BCUT2D eigenvalue weighted by Crippen LogP contribution is 2.30. The van der Waals surface area contributed by atoms with Crippen molar-refractivity contribution >= 4 is 5.91 Å². The van der Waals surface area contributed by atoms with E-state index in [0.717, 1.165) is 12.8 Å². The smallest absolute Gasteiger partial charge is 0.259 e. The Morgan fingerprint density at radius 2 is 1.96 bits per heavy atom. The molecule has 126 valence electrons. The maximum atomic E-state index is 12.8. The first-order chi connectivity index (χ1) is 11.7. The van der Waals surface area contributed by atoms with Crippen LogP contribution >= 0.6 is 0 Å². The Morgan fingerprint density at radius 3 is 2.62 bits per heavy atom. The number of phenolic OH excluding ortho intramolecular Hbond substituents is 1. The van der Waals surface area contributed by atoms with E-state index in [2.05, 4.69) is 4.98 Å². The van der Waals surface area contributed by atoms with E-state index in [1.165, 1.54) is 5.56 Å². The van der Waals surface area contributed by atoms with Gasteiger partial charge in [0.25, 0.3) is 5.91 Å². The molecule has 2 aromatic rings. The van der Waals surface area contributed by atoms with Gasteiger partial charge in [-0.1, -0.05) is 12.1 Å². The Balaban J connectivity index is 1.66. The molecular weight excluding hydrogens is 304 g/mol. The lowest BCUT2D eigenvalue weighted by Gasteiger charge is -2.32. The van der Waals surface area contributed by atoms with Crippen LogP contribution in [-0.4, -0.2) is 40.6 Å². The van der Waals surface area contributed by atoms with Crippen LogP contribution in [0.5, 0.6) is 11.6 Å². The Morgan fingerprint density at radius 1 is 1.25 bits per heavy atom. The van der Waals surface area contributed by atoms with Gasteiger partial charge in [-0.2, -0.15) is 0 Å². The van der Waals surface area contributed by atoms with Crippen molar-refractivity contribution < 1.29 is 14.6 Å². The number of carbonyl (C=O) groups is 1. The number of pyridine rings is 1. The Hall–Kier alpha value is -2.56. The van der Waals surface area contributed by atoms with Gasteiger partial charge in [0, 0.05) is 19.3 Å². The maximum absolute atomic E-state index is 12.8. The van der Waals surface area contributed by atoms with E-state index in [1.807, 2.05) is 24.0 Å². The van der Waals surface area contributed by atoms with Crippen molar-refractivity contribution in [2.45, 2.75) is 25.7 Å². The molecule has 1 aliphatic heterocycles. The average molecular weight is 326 g/mol. The molecule has 1 aliphatic rings. The summed E-state index contributed by atoms with van der Waals surface area (Å²) in [5, 5.41) is 9.39. The fraction of sp³-hybridized carbons (Fsp3) is 0.368. The van der Waals surface area contributed by atoms with Crippen LogP contribution in [0.3, 0.4) is 0 Å². The number of piperidine rings is 1. The number of hydrogen-bond acceptors (Lipinski definition) is 4. The molecular formula is C19H22N2O3. The Bertz CT molecular complexity index is 692. The second-order valence-corrected chi connectivity index (χ2v) is 5.95. The molecule has 1 amide bonds. The zero-order chi connectivity index (χ0) is 16.9. The molecule has 24 heavy (non-hydrogen) atoms. The molecule has 5 heteroatoms. The number of ether oxygens (including phenoxy) is 1. The normalized spacial score (nSPS) is 15.3. The molecule has 3 rings (SSSR count). The molecule has 0 spiro atoms. The minimum absolute atomic E-state index is 0.0179. The van der Waals surface area contributed by atoms with E-state index < -0.39 is 0 Å². The van der Waals surface area contributed by atoms with Gasteiger partial charge >= 0.3 is 0 Å². The van der Waals surface area contributed by atoms with Crippen molar-refractivity contribution in [3.05, 3.63) is 53.7 Å². The molecule has 1 aromatic heterocycles. The highest BCUT2D eigenvalue weighted by atomic mass is 16.5. The van der Waals surface area contributed by atoms with Crippen LogP contribution in [0.2, 0.25) is 0 Å². The van der Waals surface area contributed by atoms with Gasteiger partial charge in [-0.05, 0) is 55.5 Å². The van der Waals surface area contributed by atoms with E-state index in [0.29, 0.717) is 37.1 Å². The molecule has 0 atom stereocenters. The molecule has 2 heterocycles. The number of aromatic nitrogens is 1. The summed E-state index contributed by atoms with van der Waals surface area (Å²) in [6.45, 7) is 3.79. The predicted molar refractivity (Wildman–Crippen MR) is 91.4 cm³/mol. The Kier molecular flexibility index (Phi) is 4.99. The minimum Gasteiger partial charge on any atom is -0.508 e. The summed E-state index contributed by atoms with van der Waals surface area (Å²) in [4.78, 5) is 18.8. The van der Waals surface area contributed by atoms with Gasteiger partial charge in [-0.3, -0.25) is 4.79 Å². The quantitative estimate of drug-likeness (QED) is 0.937. The third-order valence-electron chi connectivity index (χ3n) is 4.43. The molecule has 5 nitrogen and oxygen atoms in total. The first-order valence-corrected chi connectivity index (χ1v) is 8.35. The number of rotatable bonds is 4. The molecule has 1 saturated heterocycles. The van der Waals surface area contributed by atoms with Crippen molar-refractivity contribution in [2.24, 2.45) is 0 Å². The number of likely N-dealkylation sites (tertiary alicyclic amines) is 1. The van der Waals surface area contributed by atoms with E-state index in [4.69, 9.17) is 4.74 Å². The van der Waals surface area contributed by atoms with Crippen molar-refractivity contribution in [1.29, 1.82) is 0 Å². The Labute approximate surface area is 141 Å². The van der Waals surface area contributed by atoms with Gasteiger partial charge in [-0.15, -0.1) is 0 Å². The summed E-state index contributed by atoms with van der Waals surface area (Å²) < 4.78 is 5.47. The van der Waals surface area contributed by atoms with Gasteiger partial charge in [0.1, 0.15) is 11.3 Å². The van der Waals surface area contributed by atoms with Crippen molar-refractivity contribution in [3.8, 4) is 11.6 Å². The van der Waals surface area contributed by atoms with Gasteiger partial charge in [0.2, 0.25) is 5.88 Å². The molecule has 1 aromatic carbocycles. The van der Waals surface area contributed by atoms with Crippen LogP contribution in [0.25, 0.3) is 0 Å². The van der Waals surface area contributed by atoms with E-state index in [-0.39, 0.29) is 11.7 Å². The van der Waals surface area contributed by atoms with Crippen LogP contribution in [-0.2, 0) is 0 Å². The molecule has 0 unspecified atom stereocenters. The third kappa shape index (κ3) is 3.50. The van der Waals surface area contributed by atoms with Crippen LogP contribution in [0.15, 0.2) is 42.6 Å². The highest BCUT2D eigenvalue weighted by molar-refractivity contribution is 5.96. The molecule has 0 aliphatic carbocycles. The molecule has 1 N–H and O–H groups in total. The lowest BCUT2D eigenvalue weighted by atomic mass is 9.89. The number of carbonyl (C=O) groups excluding carboxylic acids is 1. The van der Waals surface area contributed by atoms with Crippen LogP contribution in [0, 0.1) is 0 Å². The minimum atomic E-state index is -0.0179. The summed E-state index contributed by atoms with van der Waals surface area (Å²) in [6, 6.07) is 10.9. The maximum Gasteiger partial charge on any atom is 0.259 e. The average Bonchev–Trinajstić information content (AvgIpc) is 2.63. The van der Waals surface area contributed by atoms with Crippen molar-refractivity contribution in [3.63, 3.8) is 0 Å². The lowest BCUT2D eigenvalue weighted by Crippen LogP contribution is -2.38.